The number of phenols is 1. The van der Waals surface area contributed by atoms with Crippen molar-refractivity contribution in [3.05, 3.63) is 119 Å². The average molecular weight is 752 g/mol. The summed E-state index contributed by atoms with van der Waals surface area (Å²) < 4.78 is 28.3. The van der Waals surface area contributed by atoms with E-state index in [1.165, 1.54) is 12.1 Å². The number of fused-ring (bicyclic) bond motifs is 2. The number of aliphatic hydroxyl groups is 2. The number of ether oxygens (including phenoxy) is 2. The number of carbonyl (C=O) groups excluding carboxylic acids is 1. The maximum atomic E-state index is 15.0. The Balaban J connectivity index is 1.61. The molecule has 0 unspecified atom stereocenters. The summed E-state index contributed by atoms with van der Waals surface area (Å²) in [5.74, 6) is -2.43. The van der Waals surface area contributed by atoms with Crippen molar-refractivity contribution in [3.8, 4) is 17.6 Å². The molecule has 10 nitrogen and oxygen atoms in total. The molecule has 0 spiro atoms. The maximum Gasteiger partial charge on any atom is 0.254 e. The lowest BCUT2D eigenvalue weighted by Crippen LogP contribution is -2.70. The van der Waals surface area contributed by atoms with Gasteiger partial charge in [0, 0.05) is 43.2 Å². The summed E-state index contributed by atoms with van der Waals surface area (Å²) in [7, 11) is 0. The van der Waals surface area contributed by atoms with E-state index >= 15 is 0 Å². The van der Waals surface area contributed by atoms with Gasteiger partial charge in [0.2, 0.25) is 5.79 Å². The minimum Gasteiger partial charge on any atom is -0.508 e. The fourth-order valence-electron chi connectivity index (χ4n) is 8.76. The van der Waals surface area contributed by atoms with Gasteiger partial charge in [-0.1, -0.05) is 42.3 Å². The number of aliphatic hydroxyl groups excluding tert-OH is 2. The highest BCUT2D eigenvalue weighted by molar-refractivity contribution is 6.03. The summed E-state index contributed by atoms with van der Waals surface area (Å²) in [6.45, 7) is 6.44. The van der Waals surface area contributed by atoms with Crippen molar-refractivity contribution in [1.29, 1.82) is 5.26 Å². The van der Waals surface area contributed by atoms with E-state index in [0.29, 0.717) is 47.6 Å². The van der Waals surface area contributed by atoms with Gasteiger partial charge in [-0.2, -0.15) is 5.26 Å². The average Bonchev–Trinajstić information content (AvgIpc) is 3.20. The van der Waals surface area contributed by atoms with Crippen LogP contribution in [0.25, 0.3) is 0 Å². The molecule has 3 aromatic rings. The van der Waals surface area contributed by atoms with Gasteiger partial charge in [-0.3, -0.25) is 4.79 Å². The Bertz CT molecular complexity index is 1910. The smallest absolute Gasteiger partial charge is 0.254 e. The van der Waals surface area contributed by atoms with Crippen LogP contribution in [0.5, 0.6) is 11.5 Å². The van der Waals surface area contributed by atoms with E-state index < -0.39 is 23.6 Å². The second kappa shape index (κ2) is 18.1. The van der Waals surface area contributed by atoms with Crippen molar-refractivity contribution in [3.63, 3.8) is 0 Å². The van der Waals surface area contributed by atoms with Crippen LogP contribution in [0, 0.1) is 34.9 Å². The number of halogens is 1. The normalized spacial score (nSPS) is 24.5. The molecule has 1 saturated carbocycles. The highest BCUT2D eigenvalue weighted by Crippen LogP contribution is 2.62. The maximum absolute atomic E-state index is 15.0. The first-order valence-electron chi connectivity index (χ1n) is 19.2. The molecule has 6 rings (SSSR count). The van der Waals surface area contributed by atoms with Gasteiger partial charge in [-0.15, -0.1) is 6.58 Å². The Labute approximate surface area is 322 Å². The van der Waals surface area contributed by atoms with Gasteiger partial charge in [0.15, 0.2) is 0 Å². The molecule has 0 bridgehead atoms. The van der Waals surface area contributed by atoms with Gasteiger partial charge in [-0.05, 0) is 110 Å². The number of unbranched alkanes of at least 4 members (excludes halogenated alkanes) is 2. The van der Waals surface area contributed by atoms with Gasteiger partial charge in [0.1, 0.15) is 30.0 Å². The van der Waals surface area contributed by atoms with Gasteiger partial charge in [-0.25, -0.2) is 4.39 Å². The molecular formula is C44H50FN3O7. The van der Waals surface area contributed by atoms with Crippen LogP contribution >= 0.6 is 0 Å². The first-order valence-corrected chi connectivity index (χ1v) is 19.2. The Kier molecular flexibility index (Phi) is 13.0. The van der Waals surface area contributed by atoms with Crippen molar-refractivity contribution in [1.82, 2.24) is 4.90 Å². The first-order chi connectivity index (χ1) is 26.8. The molecule has 11 heteroatoms. The van der Waals surface area contributed by atoms with Crippen LogP contribution in [0.15, 0.2) is 96.2 Å². The molecule has 0 radical (unpaired) electrons. The Morgan fingerprint density at radius 2 is 1.80 bits per heavy atom. The van der Waals surface area contributed by atoms with E-state index in [9.17, 15) is 29.8 Å². The fraction of sp³-hybridized carbons (Fsp3) is 0.432. The summed E-state index contributed by atoms with van der Waals surface area (Å²) >= 11 is 0. The molecule has 3 aliphatic rings. The lowest BCUT2D eigenvalue weighted by Gasteiger charge is -2.60. The first kappa shape index (κ1) is 39.7. The molecule has 55 heavy (non-hydrogen) atoms. The second-order valence-electron chi connectivity index (χ2n) is 14.5. The predicted molar refractivity (Wildman–Crippen MR) is 206 cm³/mol. The summed E-state index contributed by atoms with van der Waals surface area (Å²) in [5, 5.41) is 44.7. The van der Waals surface area contributed by atoms with E-state index in [1.54, 1.807) is 65.6 Å². The molecule has 290 valence electrons. The number of aromatic hydroxyl groups is 1. The SMILES string of the molecule is C=CCO[C@@]12Oc3ccc(O)cc3[C@H]3[C@H](CCCCO)[C@@H](CCCCO)C=C(C(=NOCC)C[C@@H]1N(Cc1ccc(F)cc1)C(=O)c1ccc(C#N)cc1)[C@H]32. The van der Waals surface area contributed by atoms with Crippen LogP contribution in [0.2, 0.25) is 0 Å². The largest absolute Gasteiger partial charge is 0.508 e. The number of rotatable bonds is 17. The van der Waals surface area contributed by atoms with Crippen LogP contribution in [0.3, 0.4) is 0 Å². The number of carbonyl (C=O) groups is 1. The monoisotopic (exact) mass is 751 g/mol. The van der Waals surface area contributed by atoms with Crippen molar-refractivity contribution < 1.29 is 38.8 Å². The summed E-state index contributed by atoms with van der Waals surface area (Å²) in [6, 6.07) is 18.8. The molecule has 1 fully saturated rings. The van der Waals surface area contributed by atoms with Gasteiger partial charge in [0.25, 0.3) is 5.91 Å². The third-order valence-electron chi connectivity index (χ3n) is 11.1. The minimum atomic E-state index is -1.51. The van der Waals surface area contributed by atoms with E-state index in [1.807, 2.05) is 6.92 Å². The zero-order valence-electron chi connectivity index (χ0n) is 31.3. The fourth-order valence-corrected chi connectivity index (χ4v) is 8.76. The Hall–Kier alpha value is -5.02. The lowest BCUT2D eigenvalue weighted by atomic mass is 9.55. The molecular weight excluding hydrogens is 701 g/mol. The molecule has 1 heterocycles. The lowest BCUT2D eigenvalue weighted by molar-refractivity contribution is -0.255. The Morgan fingerprint density at radius 1 is 1.07 bits per heavy atom. The number of hydrogen-bond acceptors (Lipinski definition) is 9. The number of nitriles is 1. The highest BCUT2D eigenvalue weighted by Gasteiger charge is 2.65. The van der Waals surface area contributed by atoms with Crippen LogP contribution in [0.4, 0.5) is 4.39 Å². The van der Waals surface area contributed by atoms with Crippen molar-refractivity contribution in [2.45, 2.75) is 76.2 Å². The number of oxime groups is 1. The van der Waals surface area contributed by atoms with Gasteiger partial charge in [0.05, 0.1) is 29.9 Å². The zero-order chi connectivity index (χ0) is 39.0. The number of phenolic OH excluding ortho intramolecular Hbond substituents is 1. The molecule has 1 aliphatic heterocycles. The van der Waals surface area contributed by atoms with E-state index in [0.717, 1.165) is 36.8 Å². The standard InChI is InChI=1S/C44H50FN3O7/c1-3-23-53-44-40(48(28-30-13-17-33(45)18-14-30)43(52)31-15-11-29(27-46)12-16-31)26-38(47-54-4-2)36-24-32(9-5-7-21-49)35(10-6-8-22-50)41(42(36)44)37-25-34(51)19-20-39(37)55-44/h3,11-20,24-25,32,35,40-42,49-51H,1,4-10,21-23,26,28H2,2H3/t32-,35+,40-,41+,42+,44+/m0/s1. The number of nitrogens with zero attached hydrogens (tertiary/aromatic N) is 3. The summed E-state index contributed by atoms with van der Waals surface area (Å²) in [6.07, 6.45) is 8.48. The van der Waals surface area contributed by atoms with Crippen molar-refractivity contribution in [2.24, 2.45) is 22.9 Å². The summed E-state index contributed by atoms with van der Waals surface area (Å²) in [4.78, 5) is 22.5. The Morgan fingerprint density at radius 3 is 2.47 bits per heavy atom. The van der Waals surface area contributed by atoms with Crippen LogP contribution in [0.1, 0.15) is 84.8 Å². The molecule has 2 aliphatic carbocycles. The van der Waals surface area contributed by atoms with E-state index in [4.69, 9.17) is 19.5 Å². The predicted octanol–water partition coefficient (Wildman–Crippen LogP) is 7.40. The van der Waals surface area contributed by atoms with Crippen molar-refractivity contribution in [2.75, 3.05) is 26.4 Å². The van der Waals surface area contributed by atoms with Crippen LogP contribution < -0.4 is 4.74 Å². The molecule has 1 amide bonds. The molecule has 3 aromatic carbocycles. The van der Waals surface area contributed by atoms with Crippen LogP contribution in [-0.2, 0) is 16.1 Å². The minimum absolute atomic E-state index is 0.00187. The second-order valence-corrected chi connectivity index (χ2v) is 14.5. The zero-order valence-corrected chi connectivity index (χ0v) is 31.3. The quantitative estimate of drug-likeness (QED) is 0.0736. The highest BCUT2D eigenvalue weighted by atomic mass is 19.1. The van der Waals surface area contributed by atoms with Crippen molar-refractivity contribution >= 4 is 11.6 Å². The number of allylic oxidation sites excluding steroid dienone is 1. The van der Waals surface area contributed by atoms with E-state index in [2.05, 4.69) is 18.7 Å². The molecule has 0 saturated heterocycles. The molecule has 0 aromatic heterocycles. The third-order valence-corrected chi connectivity index (χ3v) is 11.1. The summed E-state index contributed by atoms with van der Waals surface area (Å²) in [5.41, 5.74) is 3.77. The third kappa shape index (κ3) is 8.32. The molecule has 6 atom stereocenters. The number of benzene rings is 3. The molecule has 3 N–H and O–H groups in total. The topological polar surface area (TPSA) is 145 Å². The van der Waals surface area contributed by atoms with Gasteiger partial charge < -0.3 is 34.5 Å². The number of amides is 1. The van der Waals surface area contributed by atoms with Gasteiger partial charge >= 0.3 is 0 Å². The van der Waals surface area contributed by atoms with E-state index in [-0.39, 0.29) is 62.2 Å². The number of hydrogen-bond donors (Lipinski definition) is 3. The van der Waals surface area contributed by atoms with Crippen LogP contribution in [-0.4, -0.2) is 70.1 Å².